The highest BCUT2D eigenvalue weighted by atomic mass is 16.0. The molecule has 0 saturated heterocycles. The van der Waals surface area contributed by atoms with Crippen LogP contribution in [-0.4, -0.2) is 20.4 Å². The average molecular weight is 205 g/mol. The molecule has 6 N–H and O–H groups in total. The number of anilines is 2. The Morgan fingerprint density at radius 3 is 1.87 bits per heavy atom. The van der Waals surface area contributed by atoms with E-state index in [1.54, 1.807) is 0 Å². The van der Waals surface area contributed by atoms with Gasteiger partial charge in [-0.05, 0) is 0 Å². The Hall–Kier alpha value is -2.21. The van der Waals surface area contributed by atoms with Crippen molar-refractivity contribution in [3.63, 3.8) is 0 Å². The topological polar surface area (TPSA) is 122 Å². The molecule has 1 aromatic heterocycles. The molecule has 0 fully saturated rings. The molecule has 1 heterocycles. The van der Waals surface area contributed by atoms with Gasteiger partial charge in [-0.1, -0.05) is 30.3 Å². The molecular formula is C9H11N5O. The molecule has 1 aromatic carbocycles. The molecule has 0 saturated carbocycles. The molecule has 0 aliphatic carbocycles. The van der Waals surface area contributed by atoms with E-state index in [1.807, 2.05) is 30.3 Å². The SMILES string of the molecule is Nc1nc(N)nc(-c2ccccc2)n1.O. The van der Waals surface area contributed by atoms with Gasteiger partial charge in [0.2, 0.25) is 11.9 Å². The summed E-state index contributed by atoms with van der Waals surface area (Å²) in [5.41, 5.74) is 11.8. The summed E-state index contributed by atoms with van der Waals surface area (Å²) in [5, 5.41) is 0. The first-order valence-electron chi connectivity index (χ1n) is 4.08. The maximum atomic E-state index is 5.45. The van der Waals surface area contributed by atoms with E-state index in [4.69, 9.17) is 11.5 Å². The molecule has 6 nitrogen and oxygen atoms in total. The van der Waals surface area contributed by atoms with Crippen LogP contribution in [0.3, 0.4) is 0 Å². The Bertz CT molecular complexity index is 425. The van der Waals surface area contributed by atoms with Crippen molar-refractivity contribution in [3.8, 4) is 11.4 Å². The van der Waals surface area contributed by atoms with Crippen LogP contribution in [0.25, 0.3) is 11.4 Å². The maximum absolute atomic E-state index is 5.45. The Morgan fingerprint density at radius 2 is 1.33 bits per heavy atom. The van der Waals surface area contributed by atoms with Crippen molar-refractivity contribution in [2.45, 2.75) is 0 Å². The van der Waals surface area contributed by atoms with Gasteiger partial charge in [0.1, 0.15) is 0 Å². The molecule has 15 heavy (non-hydrogen) atoms. The molecular weight excluding hydrogens is 194 g/mol. The average Bonchev–Trinajstić information content (AvgIpc) is 2.18. The van der Waals surface area contributed by atoms with Crippen LogP contribution in [0.15, 0.2) is 30.3 Å². The predicted octanol–water partition coefficient (Wildman–Crippen LogP) is -0.122. The Labute approximate surface area is 86.3 Å². The normalized spacial score (nSPS) is 9.33. The molecule has 0 aliphatic heterocycles. The molecule has 78 valence electrons. The Kier molecular flexibility index (Phi) is 3.14. The van der Waals surface area contributed by atoms with Gasteiger partial charge in [-0.3, -0.25) is 0 Å². The largest absolute Gasteiger partial charge is 0.412 e. The minimum atomic E-state index is 0. The van der Waals surface area contributed by atoms with Crippen molar-refractivity contribution in [1.29, 1.82) is 0 Å². The number of nitrogens with zero attached hydrogens (tertiary/aromatic N) is 3. The van der Waals surface area contributed by atoms with Crippen LogP contribution in [0.4, 0.5) is 11.9 Å². The molecule has 6 heteroatoms. The zero-order valence-electron chi connectivity index (χ0n) is 7.88. The number of aromatic nitrogens is 3. The molecule has 0 spiro atoms. The van der Waals surface area contributed by atoms with Crippen LogP contribution in [0.2, 0.25) is 0 Å². The quantitative estimate of drug-likeness (QED) is 0.671. The molecule has 0 atom stereocenters. The first-order valence-corrected chi connectivity index (χ1v) is 4.08. The Morgan fingerprint density at radius 1 is 0.800 bits per heavy atom. The second-order valence-corrected chi connectivity index (χ2v) is 2.74. The first-order chi connectivity index (χ1) is 6.75. The van der Waals surface area contributed by atoms with Crippen molar-refractivity contribution in [1.82, 2.24) is 15.0 Å². The van der Waals surface area contributed by atoms with Crippen molar-refractivity contribution in [2.24, 2.45) is 0 Å². The second-order valence-electron chi connectivity index (χ2n) is 2.74. The van der Waals surface area contributed by atoms with Crippen LogP contribution in [0, 0.1) is 0 Å². The van der Waals surface area contributed by atoms with E-state index in [2.05, 4.69) is 15.0 Å². The predicted molar refractivity (Wildman–Crippen MR) is 57.7 cm³/mol. The zero-order chi connectivity index (χ0) is 9.97. The summed E-state index contributed by atoms with van der Waals surface area (Å²) in [7, 11) is 0. The molecule has 0 radical (unpaired) electrons. The van der Waals surface area contributed by atoms with Gasteiger partial charge in [-0.15, -0.1) is 0 Å². The summed E-state index contributed by atoms with van der Waals surface area (Å²) >= 11 is 0. The summed E-state index contributed by atoms with van der Waals surface area (Å²) in [6, 6.07) is 9.47. The third-order valence-electron chi connectivity index (χ3n) is 1.70. The minimum Gasteiger partial charge on any atom is -0.412 e. The Balaban J connectivity index is 0.00000112. The van der Waals surface area contributed by atoms with E-state index in [1.165, 1.54) is 0 Å². The highest BCUT2D eigenvalue weighted by Gasteiger charge is 2.03. The second kappa shape index (κ2) is 4.34. The lowest BCUT2D eigenvalue weighted by molar-refractivity contribution is 0.824. The van der Waals surface area contributed by atoms with E-state index in [0.29, 0.717) is 5.82 Å². The number of rotatable bonds is 1. The minimum absolute atomic E-state index is 0. The van der Waals surface area contributed by atoms with Crippen molar-refractivity contribution >= 4 is 11.9 Å². The fraction of sp³-hybridized carbons (Fsp3) is 0. The van der Waals surface area contributed by atoms with Gasteiger partial charge in [-0.25, -0.2) is 0 Å². The van der Waals surface area contributed by atoms with E-state index in [9.17, 15) is 0 Å². The number of benzene rings is 1. The van der Waals surface area contributed by atoms with E-state index in [-0.39, 0.29) is 17.4 Å². The van der Waals surface area contributed by atoms with Gasteiger partial charge in [0.05, 0.1) is 0 Å². The monoisotopic (exact) mass is 205 g/mol. The summed E-state index contributed by atoms with van der Waals surface area (Å²) in [4.78, 5) is 11.7. The third kappa shape index (κ3) is 2.38. The first kappa shape index (κ1) is 10.9. The fourth-order valence-electron chi connectivity index (χ4n) is 1.13. The van der Waals surface area contributed by atoms with E-state index >= 15 is 0 Å². The van der Waals surface area contributed by atoms with Gasteiger partial charge in [-0.2, -0.15) is 15.0 Å². The van der Waals surface area contributed by atoms with Crippen LogP contribution >= 0.6 is 0 Å². The van der Waals surface area contributed by atoms with Crippen molar-refractivity contribution in [2.75, 3.05) is 11.5 Å². The van der Waals surface area contributed by atoms with Crippen molar-refractivity contribution in [3.05, 3.63) is 30.3 Å². The summed E-state index contributed by atoms with van der Waals surface area (Å²) in [6.45, 7) is 0. The fourth-order valence-corrected chi connectivity index (χ4v) is 1.13. The highest BCUT2D eigenvalue weighted by molar-refractivity contribution is 5.56. The number of nitrogens with two attached hydrogens (primary N) is 2. The molecule has 0 bridgehead atoms. The summed E-state index contributed by atoms with van der Waals surface area (Å²) in [6.07, 6.45) is 0. The lowest BCUT2D eigenvalue weighted by Gasteiger charge is -2.00. The van der Waals surface area contributed by atoms with Gasteiger partial charge >= 0.3 is 0 Å². The summed E-state index contributed by atoms with van der Waals surface area (Å²) < 4.78 is 0. The van der Waals surface area contributed by atoms with Crippen LogP contribution in [-0.2, 0) is 0 Å². The van der Waals surface area contributed by atoms with Crippen LogP contribution < -0.4 is 11.5 Å². The lowest BCUT2D eigenvalue weighted by Crippen LogP contribution is -2.04. The highest BCUT2D eigenvalue weighted by Crippen LogP contribution is 2.14. The summed E-state index contributed by atoms with van der Waals surface area (Å²) in [5.74, 6) is 0.767. The van der Waals surface area contributed by atoms with Crippen molar-refractivity contribution < 1.29 is 5.48 Å². The lowest BCUT2D eigenvalue weighted by atomic mass is 10.2. The van der Waals surface area contributed by atoms with Crippen LogP contribution in [0.1, 0.15) is 0 Å². The van der Waals surface area contributed by atoms with E-state index in [0.717, 1.165) is 5.56 Å². The third-order valence-corrected chi connectivity index (χ3v) is 1.70. The molecule has 0 aliphatic rings. The smallest absolute Gasteiger partial charge is 0.225 e. The van der Waals surface area contributed by atoms with Gasteiger partial charge in [0.15, 0.2) is 5.82 Å². The zero-order valence-corrected chi connectivity index (χ0v) is 7.88. The van der Waals surface area contributed by atoms with Gasteiger partial charge < -0.3 is 16.9 Å². The number of hydrogen-bond donors (Lipinski definition) is 2. The maximum Gasteiger partial charge on any atom is 0.225 e. The molecule has 0 amide bonds. The molecule has 2 aromatic rings. The number of hydrogen-bond acceptors (Lipinski definition) is 5. The number of nitrogen functional groups attached to an aromatic ring is 2. The standard InChI is InChI=1S/C9H9N5.H2O/c10-8-12-7(13-9(11)14-8)6-4-2-1-3-5-6;/h1-5H,(H4,10,11,12,13,14);1H2. The molecule has 2 rings (SSSR count). The van der Waals surface area contributed by atoms with Gasteiger partial charge in [0, 0.05) is 5.56 Å². The van der Waals surface area contributed by atoms with Gasteiger partial charge in [0.25, 0.3) is 0 Å². The van der Waals surface area contributed by atoms with E-state index < -0.39 is 0 Å². The van der Waals surface area contributed by atoms with Crippen LogP contribution in [0.5, 0.6) is 0 Å². The molecule has 0 unspecified atom stereocenters.